The number of aromatic hydroxyl groups is 1. The van der Waals surface area contributed by atoms with E-state index in [-0.39, 0.29) is 33.3 Å². The molecule has 0 fully saturated rings. The zero-order chi connectivity index (χ0) is 19.6. The first-order valence-electron chi connectivity index (χ1n) is 7.68. The molecule has 134 valence electrons. The van der Waals surface area contributed by atoms with Crippen molar-refractivity contribution in [2.45, 2.75) is 10.8 Å². The maximum Gasteiger partial charge on any atom is 0.129 e. The van der Waals surface area contributed by atoms with Crippen LogP contribution in [-0.4, -0.2) is 5.11 Å². The number of hydrogen-bond donors (Lipinski definition) is 3. The lowest BCUT2D eigenvalue weighted by Gasteiger charge is -2.27. The molecule has 0 amide bonds. The van der Waals surface area contributed by atoms with E-state index in [1.54, 1.807) is 18.2 Å². The third-order valence-electron chi connectivity index (χ3n) is 3.97. The third-order valence-corrected chi connectivity index (χ3v) is 5.39. The molecule has 0 bridgehead atoms. The first-order chi connectivity index (χ1) is 13.0. The van der Waals surface area contributed by atoms with Gasteiger partial charge in [0.1, 0.15) is 17.4 Å². The smallest absolute Gasteiger partial charge is 0.129 e. The highest BCUT2D eigenvalue weighted by Crippen LogP contribution is 2.45. The molecule has 1 aliphatic heterocycles. The van der Waals surface area contributed by atoms with Gasteiger partial charge in [-0.3, -0.25) is 0 Å². The second-order valence-electron chi connectivity index (χ2n) is 5.56. The number of nitrogens with one attached hydrogen (secondary N) is 1. The molecule has 2 aromatic carbocycles. The van der Waals surface area contributed by atoms with Crippen LogP contribution in [0.15, 0.2) is 69.4 Å². The lowest BCUT2D eigenvalue weighted by Crippen LogP contribution is -2.29. The predicted molar refractivity (Wildman–Crippen MR) is 101 cm³/mol. The lowest BCUT2D eigenvalue weighted by atomic mass is 9.84. The van der Waals surface area contributed by atoms with Gasteiger partial charge in [0.05, 0.1) is 39.1 Å². The van der Waals surface area contributed by atoms with Gasteiger partial charge in [0.2, 0.25) is 0 Å². The largest absolute Gasteiger partial charge is 0.507 e. The van der Waals surface area contributed by atoms with Crippen LogP contribution in [0.3, 0.4) is 0 Å². The van der Waals surface area contributed by atoms with Crippen LogP contribution < -0.4 is 11.1 Å². The van der Waals surface area contributed by atoms with Crippen LogP contribution in [0.2, 0.25) is 5.02 Å². The van der Waals surface area contributed by atoms with Crippen LogP contribution >= 0.6 is 23.4 Å². The standard InChI is InChI=1S/C19H12ClFN4OS/c20-12-4-3-5-13(21)17(12)16-10(8-22)18(24)25-19(11(16)9-23)27-15-7-2-1-6-14(15)26/h1-7,16,25-26H,24H2. The fourth-order valence-electron chi connectivity index (χ4n) is 2.74. The van der Waals surface area contributed by atoms with Crippen molar-refractivity contribution in [3.8, 4) is 17.9 Å². The molecule has 5 nitrogen and oxygen atoms in total. The molecule has 0 saturated heterocycles. The SMILES string of the molecule is N#CC1=C(N)NC(Sc2ccccc2O)=C(C#N)C1c1c(F)cccc1Cl. The molecular weight excluding hydrogens is 387 g/mol. The minimum Gasteiger partial charge on any atom is -0.507 e. The summed E-state index contributed by atoms with van der Waals surface area (Å²) >= 11 is 7.23. The van der Waals surface area contributed by atoms with Gasteiger partial charge < -0.3 is 16.2 Å². The van der Waals surface area contributed by atoms with Crippen LogP contribution in [-0.2, 0) is 0 Å². The molecule has 4 N–H and O–H groups in total. The van der Waals surface area contributed by atoms with E-state index in [1.165, 1.54) is 24.3 Å². The van der Waals surface area contributed by atoms with Gasteiger partial charge in [0, 0.05) is 10.6 Å². The Morgan fingerprint density at radius 3 is 2.44 bits per heavy atom. The van der Waals surface area contributed by atoms with Gasteiger partial charge in [-0.1, -0.05) is 41.6 Å². The van der Waals surface area contributed by atoms with Crippen LogP contribution in [0.1, 0.15) is 11.5 Å². The fraction of sp³-hybridized carbons (Fsp3) is 0.0526. The summed E-state index contributed by atoms with van der Waals surface area (Å²) in [5.74, 6) is -1.68. The number of phenols is 1. The number of phenolic OH excluding ortho intramolecular Hbond substituents is 1. The van der Waals surface area contributed by atoms with Gasteiger partial charge in [-0.15, -0.1) is 0 Å². The van der Waals surface area contributed by atoms with Crippen molar-refractivity contribution in [1.82, 2.24) is 5.32 Å². The number of allylic oxidation sites excluding steroid dienone is 2. The number of para-hydroxylation sites is 1. The summed E-state index contributed by atoms with van der Waals surface area (Å²) in [6.45, 7) is 0. The van der Waals surface area contributed by atoms with Crippen LogP contribution in [0, 0.1) is 28.5 Å². The van der Waals surface area contributed by atoms with Gasteiger partial charge in [0.25, 0.3) is 0 Å². The maximum atomic E-state index is 14.5. The topological polar surface area (TPSA) is 106 Å². The summed E-state index contributed by atoms with van der Waals surface area (Å²) in [7, 11) is 0. The fourth-order valence-corrected chi connectivity index (χ4v) is 3.98. The molecule has 0 aliphatic carbocycles. The molecule has 0 aromatic heterocycles. The van der Waals surface area contributed by atoms with E-state index in [9.17, 15) is 20.0 Å². The molecule has 3 rings (SSSR count). The number of dihydropyridines is 1. The number of halogens is 2. The quantitative estimate of drug-likeness (QED) is 0.718. The summed E-state index contributed by atoms with van der Waals surface area (Å²) in [6, 6.07) is 14.7. The van der Waals surface area contributed by atoms with E-state index in [1.807, 2.05) is 12.1 Å². The summed E-state index contributed by atoms with van der Waals surface area (Å²) in [4.78, 5) is 0.472. The Morgan fingerprint density at radius 1 is 1.11 bits per heavy atom. The molecule has 27 heavy (non-hydrogen) atoms. The second kappa shape index (κ2) is 7.63. The second-order valence-corrected chi connectivity index (χ2v) is 7.02. The Kier molecular flexibility index (Phi) is 5.27. The maximum absolute atomic E-state index is 14.5. The van der Waals surface area contributed by atoms with Crippen molar-refractivity contribution in [2.24, 2.45) is 5.73 Å². The summed E-state index contributed by atoms with van der Waals surface area (Å²) in [5, 5.41) is 32.5. The number of benzene rings is 2. The van der Waals surface area contributed by atoms with E-state index < -0.39 is 11.7 Å². The Balaban J connectivity index is 2.20. The molecule has 2 aromatic rings. The summed E-state index contributed by atoms with van der Waals surface area (Å²) < 4.78 is 14.5. The molecule has 0 spiro atoms. The van der Waals surface area contributed by atoms with Crippen molar-refractivity contribution in [1.29, 1.82) is 10.5 Å². The monoisotopic (exact) mass is 398 g/mol. The number of nitrogens with zero attached hydrogens (tertiary/aromatic N) is 2. The number of hydrogen-bond acceptors (Lipinski definition) is 6. The molecule has 0 saturated carbocycles. The number of nitriles is 2. The number of nitrogens with two attached hydrogens (primary N) is 1. The van der Waals surface area contributed by atoms with Crippen molar-refractivity contribution >= 4 is 23.4 Å². The van der Waals surface area contributed by atoms with Gasteiger partial charge in [-0.2, -0.15) is 10.5 Å². The first kappa shape index (κ1) is 18.7. The van der Waals surface area contributed by atoms with Gasteiger partial charge >= 0.3 is 0 Å². The lowest BCUT2D eigenvalue weighted by molar-refractivity contribution is 0.462. The Labute approximate surface area is 164 Å². The molecular formula is C19H12ClFN4OS. The minimum absolute atomic E-state index is 0.000170. The molecule has 1 aliphatic rings. The number of thioether (sulfide) groups is 1. The predicted octanol–water partition coefficient (Wildman–Crippen LogP) is 4.09. The number of rotatable bonds is 3. The van der Waals surface area contributed by atoms with Crippen molar-refractivity contribution < 1.29 is 9.50 Å². The minimum atomic E-state index is -1.05. The normalized spacial score (nSPS) is 16.5. The average Bonchev–Trinajstić information content (AvgIpc) is 2.63. The molecule has 1 unspecified atom stereocenters. The van der Waals surface area contributed by atoms with Crippen molar-refractivity contribution in [3.63, 3.8) is 0 Å². The summed E-state index contributed by atoms with van der Waals surface area (Å²) in [6.07, 6.45) is 0. The zero-order valence-electron chi connectivity index (χ0n) is 13.7. The Morgan fingerprint density at radius 2 is 1.81 bits per heavy atom. The molecule has 0 radical (unpaired) electrons. The highest BCUT2D eigenvalue weighted by atomic mass is 35.5. The van der Waals surface area contributed by atoms with Gasteiger partial charge in [-0.05, 0) is 24.3 Å². The highest BCUT2D eigenvalue weighted by Gasteiger charge is 2.35. The van der Waals surface area contributed by atoms with E-state index in [4.69, 9.17) is 17.3 Å². The van der Waals surface area contributed by atoms with E-state index in [2.05, 4.69) is 5.32 Å². The van der Waals surface area contributed by atoms with Gasteiger partial charge in [-0.25, -0.2) is 4.39 Å². The van der Waals surface area contributed by atoms with Crippen LogP contribution in [0.25, 0.3) is 0 Å². The average molecular weight is 399 g/mol. The van der Waals surface area contributed by atoms with E-state index in [0.29, 0.717) is 9.92 Å². The molecule has 1 atom stereocenters. The Bertz CT molecular complexity index is 1050. The van der Waals surface area contributed by atoms with Crippen LogP contribution in [0.4, 0.5) is 4.39 Å². The molecule has 8 heteroatoms. The van der Waals surface area contributed by atoms with E-state index >= 15 is 0 Å². The van der Waals surface area contributed by atoms with E-state index in [0.717, 1.165) is 11.8 Å². The molecule has 1 heterocycles. The first-order valence-corrected chi connectivity index (χ1v) is 8.88. The summed E-state index contributed by atoms with van der Waals surface area (Å²) in [5.41, 5.74) is 6.07. The highest BCUT2D eigenvalue weighted by molar-refractivity contribution is 8.03. The van der Waals surface area contributed by atoms with Crippen LogP contribution in [0.5, 0.6) is 5.75 Å². The van der Waals surface area contributed by atoms with Crippen molar-refractivity contribution in [3.05, 3.63) is 80.9 Å². The third kappa shape index (κ3) is 3.43. The Hall–Kier alpha value is -3.13. The van der Waals surface area contributed by atoms with Crippen molar-refractivity contribution in [2.75, 3.05) is 0 Å². The van der Waals surface area contributed by atoms with Gasteiger partial charge in [0.15, 0.2) is 0 Å². The zero-order valence-corrected chi connectivity index (χ0v) is 15.3.